The van der Waals surface area contributed by atoms with E-state index in [9.17, 15) is 18.0 Å². The number of rotatable bonds is 3. The van der Waals surface area contributed by atoms with Crippen molar-refractivity contribution in [3.63, 3.8) is 0 Å². The fourth-order valence-electron chi connectivity index (χ4n) is 1.93. The lowest BCUT2D eigenvalue weighted by molar-refractivity contribution is -0.139. The molecule has 1 unspecified atom stereocenters. The molecule has 1 atom stereocenters. The summed E-state index contributed by atoms with van der Waals surface area (Å²) in [6, 6.07) is 11.8. The van der Waals surface area contributed by atoms with Crippen molar-refractivity contribution in [2.45, 2.75) is 12.1 Å². The summed E-state index contributed by atoms with van der Waals surface area (Å²) in [5.74, 6) is -3.35. The Balaban J connectivity index is 2.42. The minimum absolute atomic E-state index is 0.0889. The highest BCUT2D eigenvalue weighted by Gasteiger charge is 2.45. The second-order valence-electron chi connectivity index (χ2n) is 4.30. The van der Waals surface area contributed by atoms with Crippen LogP contribution >= 0.6 is 0 Å². The Kier molecular flexibility index (Phi) is 3.79. The SMILES string of the molecule is O=C(c1ccc(O)cc1)C(c1ccccc1)C(F)(F)F. The fraction of sp³-hybridized carbons (Fsp3) is 0.133. The Morgan fingerprint density at radius 2 is 1.50 bits per heavy atom. The van der Waals surface area contributed by atoms with Crippen LogP contribution in [0.3, 0.4) is 0 Å². The first-order valence-corrected chi connectivity index (χ1v) is 5.84. The van der Waals surface area contributed by atoms with E-state index in [0.717, 1.165) is 0 Å². The van der Waals surface area contributed by atoms with Crippen LogP contribution in [0.25, 0.3) is 0 Å². The molecule has 0 saturated carbocycles. The molecular formula is C15H11F3O2. The Labute approximate surface area is 113 Å². The minimum Gasteiger partial charge on any atom is -0.508 e. The number of alkyl halides is 3. The zero-order valence-corrected chi connectivity index (χ0v) is 10.3. The van der Waals surface area contributed by atoms with Crippen LogP contribution < -0.4 is 0 Å². The lowest BCUT2D eigenvalue weighted by Crippen LogP contribution is -2.28. The van der Waals surface area contributed by atoms with Crippen LogP contribution in [0.1, 0.15) is 21.8 Å². The molecule has 0 radical (unpaired) electrons. The third-order valence-electron chi connectivity index (χ3n) is 2.87. The molecule has 0 aliphatic rings. The minimum atomic E-state index is -4.67. The van der Waals surface area contributed by atoms with E-state index in [1.165, 1.54) is 48.5 Å². The highest BCUT2D eigenvalue weighted by atomic mass is 19.4. The molecule has 20 heavy (non-hydrogen) atoms. The molecule has 2 rings (SSSR count). The van der Waals surface area contributed by atoms with Gasteiger partial charge in [0.2, 0.25) is 0 Å². The lowest BCUT2D eigenvalue weighted by Gasteiger charge is -2.19. The Hall–Kier alpha value is -2.30. The molecule has 5 heteroatoms. The van der Waals surface area contributed by atoms with Gasteiger partial charge in [0.15, 0.2) is 5.78 Å². The van der Waals surface area contributed by atoms with Crippen LogP contribution in [-0.2, 0) is 0 Å². The zero-order valence-electron chi connectivity index (χ0n) is 10.3. The number of ketones is 1. The average molecular weight is 280 g/mol. The molecule has 1 N–H and O–H groups in total. The quantitative estimate of drug-likeness (QED) is 0.865. The number of phenolic OH excluding ortho intramolecular Hbond substituents is 1. The molecule has 0 fully saturated rings. The number of carbonyl (C=O) groups is 1. The third kappa shape index (κ3) is 2.99. The van der Waals surface area contributed by atoms with E-state index in [-0.39, 0.29) is 16.9 Å². The van der Waals surface area contributed by atoms with E-state index in [0.29, 0.717) is 0 Å². The van der Waals surface area contributed by atoms with Gasteiger partial charge < -0.3 is 5.11 Å². The van der Waals surface area contributed by atoms with Gasteiger partial charge in [-0.1, -0.05) is 30.3 Å². The molecule has 2 aromatic rings. The first-order chi connectivity index (χ1) is 9.39. The van der Waals surface area contributed by atoms with Crippen LogP contribution in [0.5, 0.6) is 5.75 Å². The van der Waals surface area contributed by atoms with Crippen molar-refractivity contribution in [3.8, 4) is 5.75 Å². The lowest BCUT2D eigenvalue weighted by atomic mass is 9.90. The summed E-state index contributed by atoms with van der Waals surface area (Å²) in [5.41, 5.74) is -0.188. The van der Waals surface area contributed by atoms with Gasteiger partial charge in [-0.05, 0) is 29.8 Å². The summed E-state index contributed by atoms with van der Waals surface area (Å²) in [6.07, 6.45) is -4.67. The van der Waals surface area contributed by atoms with Crippen molar-refractivity contribution in [1.82, 2.24) is 0 Å². The van der Waals surface area contributed by atoms with Crippen molar-refractivity contribution >= 4 is 5.78 Å². The van der Waals surface area contributed by atoms with E-state index < -0.39 is 17.9 Å². The van der Waals surface area contributed by atoms with Gasteiger partial charge in [-0.25, -0.2) is 0 Å². The van der Waals surface area contributed by atoms with Crippen molar-refractivity contribution < 1.29 is 23.1 Å². The molecule has 0 amide bonds. The molecule has 0 heterocycles. The molecular weight excluding hydrogens is 269 g/mol. The fourth-order valence-corrected chi connectivity index (χ4v) is 1.93. The highest BCUT2D eigenvalue weighted by molar-refractivity contribution is 6.01. The Morgan fingerprint density at radius 1 is 0.950 bits per heavy atom. The summed E-state index contributed by atoms with van der Waals surface area (Å²) in [7, 11) is 0. The summed E-state index contributed by atoms with van der Waals surface area (Å²) in [6.45, 7) is 0. The summed E-state index contributed by atoms with van der Waals surface area (Å²) < 4.78 is 39.5. The van der Waals surface area contributed by atoms with Gasteiger partial charge in [0.05, 0.1) is 0 Å². The van der Waals surface area contributed by atoms with Crippen molar-refractivity contribution in [1.29, 1.82) is 0 Å². The van der Waals surface area contributed by atoms with E-state index in [2.05, 4.69) is 0 Å². The first kappa shape index (κ1) is 14.1. The van der Waals surface area contributed by atoms with E-state index in [1.807, 2.05) is 0 Å². The van der Waals surface area contributed by atoms with Crippen LogP contribution in [0.2, 0.25) is 0 Å². The van der Waals surface area contributed by atoms with Gasteiger partial charge in [-0.15, -0.1) is 0 Å². The molecule has 104 valence electrons. The number of phenols is 1. The number of hydrogen-bond acceptors (Lipinski definition) is 2. The van der Waals surface area contributed by atoms with E-state index in [4.69, 9.17) is 5.11 Å². The van der Waals surface area contributed by atoms with Gasteiger partial charge in [0.1, 0.15) is 11.7 Å². The maximum Gasteiger partial charge on any atom is 0.402 e. The third-order valence-corrected chi connectivity index (χ3v) is 2.87. The van der Waals surface area contributed by atoms with E-state index in [1.54, 1.807) is 6.07 Å². The van der Waals surface area contributed by atoms with Crippen molar-refractivity contribution in [3.05, 3.63) is 65.7 Å². The van der Waals surface area contributed by atoms with E-state index >= 15 is 0 Å². The molecule has 2 aromatic carbocycles. The molecule has 0 spiro atoms. The van der Waals surface area contributed by atoms with Gasteiger partial charge >= 0.3 is 6.18 Å². The Morgan fingerprint density at radius 3 is 2.00 bits per heavy atom. The topological polar surface area (TPSA) is 37.3 Å². The first-order valence-electron chi connectivity index (χ1n) is 5.84. The number of halogens is 3. The summed E-state index contributed by atoms with van der Waals surface area (Å²) in [4.78, 5) is 12.1. The molecule has 0 aliphatic carbocycles. The number of Topliss-reactive ketones (excluding diaryl/α,β-unsaturated/α-hetero) is 1. The van der Waals surface area contributed by atoms with Crippen LogP contribution in [0.15, 0.2) is 54.6 Å². The van der Waals surface area contributed by atoms with Gasteiger partial charge in [-0.3, -0.25) is 4.79 Å². The van der Waals surface area contributed by atoms with Gasteiger partial charge in [0.25, 0.3) is 0 Å². The largest absolute Gasteiger partial charge is 0.508 e. The van der Waals surface area contributed by atoms with Gasteiger partial charge in [-0.2, -0.15) is 13.2 Å². The number of benzene rings is 2. The summed E-state index contributed by atoms with van der Waals surface area (Å²) >= 11 is 0. The normalized spacial score (nSPS) is 12.9. The zero-order chi connectivity index (χ0) is 14.8. The monoisotopic (exact) mass is 280 g/mol. The maximum atomic E-state index is 13.2. The number of aromatic hydroxyl groups is 1. The molecule has 0 aromatic heterocycles. The Bertz CT molecular complexity index is 589. The van der Waals surface area contributed by atoms with Crippen LogP contribution in [-0.4, -0.2) is 17.1 Å². The number of hydrogen-bond donors (Lipinski definition) is 1. The predicted molar refractivity (Wildman–Crippen MR) is 67.7 cm³/mol. The second kappa shape index (κ2) is 5.36. The van der Waals surface area contributed by atoms with Crippen LogP contribution in [0.4, 0.5) is 13.2 Å². The molecule has 0 saturated heterocycles. The molecule has 2 nitrogen and oxygen atoms in total. The predicted octanol–water partition coefficient (Wildman–Crippen LogP) is 3.92. The summed E-state index contributed by atoms with van der Waals surface area (Å²) in [5, 5.41) is 9.12. The van der Waals surface area contributed by atoms with Crippen molar-refractivity contribution in [2.75, 3.05) is 0 Å². The average Bonchev–Trinajstić information content (AvgIpc) is 2.39. The number of carbonyl (C=O) groups excluding carboxylic acids is 1. The molecule has 0 aliphatic heterocycles. The van der Waals surface area contributed by atoms with Crippen LogP contribution in [0, 0.1) is 0 Å². The highest BCUT2D eigenvalue weighted by Crippen LogP contribution is 2.37. The van der Waals surface area contributed by atoms with Gasteiger partial charge in [0, 0.05) is 5.56 Å². The standard InChI is InChI=1S/C15H11F3O2/c16-15(17,18)13(10-4-2-1-3-5-10)14(20)11-6-8-12(19)9-7-11/h1-9,13,19H. The maximum absolute atomic E-state index is 13.2. The molecule has 0 bridgehead atoms. The smallest absolute Gasteiger partial charge is 0.402 e. The van der Waals surface area contributed by atoms with Crippen molar-refractivity contribution in [2.24, 2.45) is 0 Å². The second-order valence-corrected chi connectivity index (χ2v) is 4.30.